The molecule has 1 heterocycles. The van der Waals surface area contributed by atoms with E-state index in [0.717, 1.165) is 45.3 Å². The average Bonchev–Trinajstić information content (AvgIpc) is 3.55. The van der Waals surface area contributed by atoms with Crippen molar-refractivity contribution in [1.82, 2.24) is 0 Å². The summed E-state index contributed by atoms with van der Waals surface area (Å²) >= 11 is 0. The fourth-order valence-electron chi connectivity index (χ4n) is 8.75. The Hall–Kier alpha value is -1.71. The Bertz CT molecular complexity index is 954. The minimum atomic E-state index is -0.308. The van der Waals surface area contributed by atoms with Crippen molar-refractivity contribution in [1.29, 1.82) is 0 Å². The first-order valence-corrected chi connectivity index (χ1v) is 15.5. The average molecular weight is 523 g/mol. The van der Waals surface area contributed by atoms with Gasteiger partial charge in [-0.2, -0.15) is 0 Å². The third-order valence-corrected chi connectivity index (χ3v) is 10.1. The molecule has 0 amide bonds. The maximum atomic E-state index is 12.7. The highest BCUT2D eigenvalue weighted by atomic mass is 16.7. The molecule has 1 spiro atoms. The van der Waals surface area contributed by atoms with Crippen molar-refractivity contribution in [3.63, 3.8) is 0 Å². The van der Waals surface area contributed by atoms with Gasteiger partial charge in [0.2, 0.25) is 0 Å². The molecule has 0 aromatic heterocycles. The first kappa shape index (κ1) is 30.8. The Morgan fingerprint density at radius 3 is 2.16 bits per heavy atom. The van der Waals surface area contributed by atoms with Crippen LogP contribution in [0.2, 0.25) is 0 Å². The summed E-state index contributed by atoms with van der Waals surface area (Å²) in [4.78, 5) is 12.7. The fourth-order valence-corrected chi connectivity index (χ4v) is 8.75. The summed E-state index contributed by atoms with van der Waals surface area (Å²) in [5.74, 6) is 2.72. The van der Waals surface area contributed by atoms with Gasteiger partial charge in [0.25, 0.3) is 0 Å². The smallest absolute Gasteiger partial charge is 0.169 e. The third kappa shape index (κ3) is 5.48. The number of aryl methyl sites for hydroxylation is 1. The highest BCUT2D eigenvalue weighted by molar-refractivity contribution is 5.79. The molecule has 6 atom stereocenters. The lowest BCUT2D eigenvalue weighted by Crippen LogP contribution is -2.47. The van der Waals surface area contributed by atoms with Gasteiger partial charge in [-0.15, -0.1) is 13.2 Å². The molecule has 1 aromatic rings. The highest BCUT2D eigenvalue weighted by Gasteiger charge is 2.58. The van der Waals surface area contributed by atoms with Crippen LogP contribution >= 0.6 is 0 Å². The Labute approximate surface area is 233 Å². The van der Waals surface area contributed by atoms with Gasteiger partial charge in [0.1, 0.15) is 5.78 Å². The van der Waals surface area contributed by atoms with Crippen LogP contribution in [0.5, 0.6) is 0 Å². The van der Waals surface area contributed by atoms with Crippen molar-refractivity contribution in [2.45, 2.75) is 112 Å². The molecule has 4 fully saturated rings. The molecule has 3 heteroatoms. The number of ether oxygens (including phenoxy) is 2. The predicted octanol–water partition coefficient (Wildman–Crippen LogP) is 9.21. The van der Waals surface area contributed by atoms with Crippen LogP contribution < -0.4 is 0 Å². The van der Waals surface area contributed by atoms with Crippen LogP contribution in [0.4, 0.5) is 0 Å². The van der Waals surface area contributed by atoms with E-state index in [-0.39, 0.29) is 17.1 Å². The molecular weight excluding hydrogens is 468 g/mol. The van der Waals surface area contributed by atoms with E-state index in [1.165, 1.54) is 30.4 Å². The minimum Gasteiger partial charge on any atom is -0.348 e. The van der Waals surface area contributed by atoms with Gasteiger partial charge in [-0.1, -0.05) is 75.6 Å². The molecule has 0 radical (unpaired) electrons. The molecule has 5 aliphatic rings. The van der Waals surface area contributed by atoms with Crippen LogP contribution in [0.25, 0.3) is 0 Å². The zero-order valence-corrected chi connectivity index (χ0v) is 25.4. The summed E-state index contributed by atoms with van der Waals surface area (Å²) in [5.41, 5.74) is 6.43. The van der Waals surface area contributed by atoms with Gasteiger partial charge in [0.05, 0.1) is 13.2 Å². The van der Waals surface area contributed by atoms with Gasteiger partial charge in [-0.05, 0) is 81.1 Å². The van der Waals surface area contributed by atoms with Gasteiger partial charge in [0.15, 0.2) is 5.79 Å². The molecule has 3 saturated carbocycles. The minimum absolute atomic E-state index is 0.135. The van der Waals surface area contributed by atoms with E-state index < -0.39 is 0 Å². The van der Waals surface area contributed by atoms with E-state index in [0.29, 0.717) is 29.5 Å². The number of allylic oxidation sites excluding steroid dienone is 2. The molecule has 3 nitrogen and oxygen atoms in total. The van der Waals surface area contributed by atoms with E-state index in [4.69, 9.17) is 9.47 Å². The van der Waals surface area contributed by atoms with Crippen molar-refractivity contribution < 1.29 is 14.3 Å². The maximum absolute atomic E-state index is 12.7. The third-order valence-electron chi connectivity index (χ3n) is 10.1. The quantitative estimate of drug-likeness (QED) is 0.363. The van der Waals surface area contributed by atoms with Gasteiger partial charge in [0, 0.05) is 24.7 Å². The number of hydrogen-bond donors (Lipinski definition) is 0. The van der Waals surface area contributed by atoms with E-state index in [1.54, 1.807) is 11.1 Å². The van der Waals surface area contributed by atoms with Crippen molar-refractivity contribution in [3.05, 3.63) is 59.7 Å². The molecular formula is C35H54O3. The van der Waals surface area contributed by atoms with Crippen molar-refractivity contribution >= 4 is 5.78 Å². The van der Waals surface area contributed by atoms with E-state index in [1.807, 2.05) is 34.6 Å². The Morgan fingerprint density at radius 1 is 0.921 bits per heavy atom. The summed E-state index contributed by atoms with van der Waals surface area (Å²) in [6, 6.07) is 9.28. The zero-order chi connectivity index (χ0) is 28.1. The van der Waals surface area contributed by atoms with Gasteiger partial charge < -0.3 is 9.47 Å². The molecule has 38 heavy (non-hydrogen) atoms. The summed E-state index contributed by atoms with van der Waals surface area (Å²) in [5, 5.41) is 0. The highest BCUT2D eigenvalue weighted by Crippen LogP contribution is 2.66. The number of hydrogen-bond acceptors (Lipinski definition) is 3. The van der Waals surface area contributed by atoms with E-state index in [2.05, 4.69) is 51.3 Å². The zero-order valence-electron chi connectivity index (χ0n) is 25.4. The molecule has 6 unspecified atom stereocenters. The van der Waals surface area contributed by atoms with Crippen molar-refractivity contribution in [2.24, 2.45) is 29.1 Å². The van der Waals surface area contributed by atoms with Crippen LogP contribution in [0.3, 0.4) is 0 Å². The van der Waals surface area contributed by atoms with E-state index in [9.17, 15) is 4.79 Å². The van der Waals surface area contributed by atoms with Crippen LogP contribution in [0.15, 0.2) is 48.6 Å². The summed E-state index contributed by atoms with van der Waals surface area (Å²) in [6.45, 7) is 22.0. The lowest BCUT2D eigenvalue weighted by Gasteiger charge is -2.54. The molecule has 4 aliphatic carbocycles. The number of ketones is 1. The number of Topliss-reactive ketones (excluding diaryl/α,β-unsaturated/α-hetero) is 1. The van der Waals surface area contributed by atoms with Crippen LogP contribution in [-0.2, 0) is 14.3 Å². The first-order chi connectivity index (χ1) is 18.4. The van der Waals surface area contributed by atoms with Gasteiger partial charge in [-0.25, -0.2) is 0 Å². The number of carbonyl (C=O) groups is 1. The number of fused-ring (bicyclic) bond motifs is 4. The number of benzene rings is 1. The Kier molecular flexibility index (Phi) is 10.6. The topological polar surface area (TPSA) is 35.5 Å². The lowest BCUT2D eigenvalue weighted by molar-refractivity contribution is -0.181. The summed E-state index contributed by atoms with van der Waals surface area (Å²) < 4.78 is 12.3. The molecule has 0 N–H and O–H groups in total. The van der Waals surface area contributed by atoms with Gasteiger partial charge in [-0.3, -0.25) is 4.79 Å². The summed E-state index contributed by atoms with van der Waals surface area (Å²) in [6.07, 6.45) is 9.14. The van der Waals surface area contributed by atoms with Crippen LogP contribution in [0, 0.1) is 36.0 Å². The fraction of sp³-hybridized carbons (Fsp3) is 0.686. The van der Waals surface area contributed by atoms with Crippen LogP contribution in [-0.4, -0.2) is 24.8 Å². The summed E-state index contributed by atoms with van der Waals surface area (Å²) in [7, 11) is 0. The molecule has 6 rings (SSSR count). The van der Waals surface area contributed by atoms with Gasteiger partial charge >= 0.3 is 0 Å². The Balaban J connectivity index is 0.000000625. The second-order valence-corrected chi connectivity index (χ2v) is 11.7. The maximum Gasteiger partial charge on any atom is 0.169 e. The van der Waals surface area contributed by atoms with E-state index >= 15 is 0 Å². The number of carbonyl (C=O) groups excluding carboxylic acids is 1. The second kappa shape index (κ2) is 13.1. The molecule has 212 valence electrons. The largest absolute Gasteiger partial charge is 0.348 e. The standard InChI is InChI=1S/C29H38O3.2C2H6.C2H4/c1-18-4-6-20(7-5-18)24-17-28(3)25(19(2)30)10-11-26(28)23-9-8-21-16-29(31-14-15-32-29)13-12-22(21)27(23)24;3*1-2/h4-7,21,23-26H,8-17H2,1-3H3;2*1-2H3;1-2H2. The predicted molar refractivity (Wildman–Crippen MR) is 159 cm³/mol. The second-order valence-electron chi connectivity index (χ2n) is 11.7. The Morgan fingerprint density at radius 2 is 1.55 bits per heavy atom. The normalized spacial score (nSPS) is 34.2. The van der Waals surface area contributed by atoms with Crippen molar-refractivity contribution in [2.75, 3.05) is 13.2 Å². The van der Waals surface area contributed by atoms with Crippen molar-refractivity contribution in [3.8, 4) is 0 Å². The monoisotopic (exact) mass is 522 g/mol. The molecule has 1 aromatic carbocycles. The number of rotatable bonds is 2. The lowest BCUT2D eigenvalue weighted by atomic mass is 9.51. The van der Waals surface area contributed by atoms with Crippen LogP contribution in [0.1, 0.15) is 110 Å². The SMILES string of the molecule is C=C.CC.CC.CC(=O)C1CCC2C3CCC4CC5(CCC4=C3C(c3ccc(C)cc3)CC12C)OCCO5. The molecule has 1 saturated heterocycles. The molecule has 0 bridgehead atoms. The first-order valence-electron chi connectivity index (χ1n) is 15.5. The molecule has 1 aliphatic heterocycles.